The summed E-state index contributed by atoms with van der Waals surface area (Å²) in [5.41, 5.74) is 5.52. The van der Waals surface area contributed by atoms with Crippen LogP contribution < -0.4 is 10.2 Å². The fraction of sp³-hybridized carbons (Fsp3) is 0.333. The number of fused-ring (bicyclic) bond motifs is 1. The van der Waals surface area contributed by atoms with Crippen molar-refractivity contribution in [2.75, 3.05) is 24.5 Å². The van der Waals surface area contributed by atoms with Gasteiger partial charge in [-0.25, -0.2) is 9.50 Å². The van der Waals surface area contributed by atoms with Crippen LogP contribution in [-0.4, -0.2) is 49.6 Å². The van der Waals surface area contributed by atoms with Gasteiger partial charge in [-0.3, -0.25) is 4.68 Å². The van der Waals surface area contributed by atoms with E-state index in [-0.39, 0.29) is 5.54 Å². The van der Waals surface area contributed by atoms with Gasteiger partial charge in [-0.05, 0) is 37.6 Å². The molecule has 11 heteroatoms. The maximum atomic E-state index is 9.62. The number of piperidine rings is 1. The second-order valence-corrected chi connectivity index (χ2v) is 9.46. The van der Waals surface area contributed by atoms with E-state index >= 15 is 0 Å². The molecule has 0 aliphatic carbocycles. The lowest BCUT2D eigenvalue weighted by Gasteiger charge is -2.53. The molecule has 1 spiro atoms. The van der Waals surface area contributed by atoms with E-state index in [4.69, 9.17) is 4.98 Å². The molecular weight excluding hydrogens is 487 g/mol. The summed E-state index contributed by atoms with van der Waals surface area (Å²) in [5.74, 6) is 1.00. The van der Waals surface area contributed by atoms with Crippen LogP contribution >= 0.6 is 23.7 Å². The molecule has 0 bridgehead atoms. The fourth-order valence-electron chi connectivity index (χ4n) is 5.03. The van der Waals surface area contributed by atoms with Crippen molar-refractivity contribution in [2.45, 2.75) is 24.8 Å². The van der Waals surface area contributed by atoms with Gasteiger partial charge in [-0.2, -0.15) is 19.3 Å². The average Bonchev–Trinajstić information content (AvgIpc) is 3.49. The Hall–Kier alpha value is -3.16. The van der Waals surface area contributed by atoms with E-state index in [2.05, 4.69) is 72.3 Å². The molecule has 6 heterocycles. The topological polar surface area (TPSA) is 96.3 Å². The van der Waals surface area contributed by atoms with Crippen molar-refractivity contribution in [3.8, 4) is 28.3 Å². The molecule has 1 N–H and O–H groups in total. The van der Waals surface area contributed by atoms with Crippen LogP contribution in [0.25, 0.3) is 27.8 Å². The molecule has 0 atom stereocenters. The van der Waals surface area contributed by atoms with Crippen LogP contribution in [0.5, 0.6) is 0 Å². The van der Waals surface area contributed by atoms with Crippen molar-refractivity contribution in [3.63, 3.8) is 0 Å². The predicted octanol–water partition coefficient (Wildman–Crippen LogP) is 4.31. The molecule has 6 rings (SSSR count). The van der Waals surface area contributed by atoms with Gasteiger partial charge in [0.25, 0.3) is 0 Å². The molecule has 2 saturated heterocycles. The Morgan fingerprint density at radius 3 is 2.51 bits per heavy atom. The molecular formula is C24H24Cl2N8O. The molecule has 0 saturated carbocycles. The summed E-state index contributed by atoms with van der Waals surface area (Å²) in [7, 11) is 1.90. The Morgan fingerprint density at radius 1 is 1.06 bits per heavy atom. The minimum Gasteiger partial charge on any atom is -0.353 e. The molecule has 0 amide bonds. The van der Waals surface area contributed by atoms with E-state index in [1.807, 2.05) is 31.8 Å². The molecule has 0 aromatic carbocycles. The quantitative estimate of drug-likeness (QED) is 0.438. The second kappa shape index (κ2) is 9.84. The smallest absolute Gasteiger partial charge is 0.128 e. The maximum absolute atomic E-state index is 9.62. The molecule has 0 radical (unpaired) electrons. The molecule has 9 nitrogen and oxygen atoms in total. The molecule has 180 valence electrons. The van der Waals surface area contributed by atoms with E-state index < -0.39 is 0 Å². The largest absolute Gasteiger partial charge is 0.353 e. The van der Waals surface area contributed by atoms with E-state index in [0.717, 1.165) is 53.2 Å². The Bertz CT molecular complexity index is 1360. The van der Waals surface area contributed by atoms with Crippen LogP contribution in [0.15, 0.2) is 49.2 Å². The third-order valence-electron chi connectivity index (χ3n) is 6.72. The lowest BCUT2D eigenvalue weighted by molar-refractivity contribution is 0.201. The number of nitrogens with one attached hydrogen (secondary N) is 1. The standard InChI is InChI=1S/C24H24N8.Cl2O/c1-30-13-20(12-28-30)18-8-21(23-19(9-25)11-29-32(23)14-18)17-4-5-22(26-10-17)31-15-24(16-31)6-2-3-7-27-24;1-3-2/h4-5,8,10-14,27H,2-3,6-7,15-16H2,1H3;. The number of aryl methyl sites for hydroxylation is 1. The third-order valence-corrected chi connectivity index (χ3v) is 6.72. The number of anilines is 1. The number of pyridine rings is 2. The number of nitriles is 1. The SMILES string of the molecule is ClOCl.Cn1cc(-c2cc(-c3ccc(N4CC5(CCCCN5)C4)nc3)c3c(C#N)cnn3c2)cn1. The van der Waals surface area contributed by atoms with Crippen molar-refractivity contribution in [3.05, 3.63) is 54.7 Å². The molecule has 2 fully saturated rings. The minimum atomic E-state index is 0.280. The first-order chi connectivity index (χ1) is 17.1. The Morgan fingerprint density at radius 2 is 1.89 bits per heavy atom. The molecule has 0 unspecified atom stereocenters. The molecule has 2 aliphatic heterocycles. The number of halogens is 2. The normalized spacial score (nSPS) is 16.5. The summed E-state index contributed by atoms with van der Waals surface area (Å²) >= 11 is 8.53. The Labute approximate surface area is 213 Å². The van der Waals surface area contributed by atoms with Gasteiger partial charge >= 0.3 is 0 Å². The highest BCUT2D eigenvalue weighted by atomic mass is 35.6. The summed E-state index contributed by atoms with van der Waals surface area (Å²) < 4.78 is 6.75. The first kappa shape index (κ1) is 23.6. The summed E-state index contributed by atoms with van der Waals surface area (Å²) in [6, 6.07) is 8.54. The number of nitrogens with zero attached hydrogens (tertiary/aromatic N) is 7. The average molecular weight is 511 g/mol. The van der Waals surface area contributed by atoms with Gasteiger partial charge in [0.15, 0.2) is 0 Å². The lowest BCUT2D eigenvalue weighted by Crippen LogP contribution is -2.70. The van der Waals surface area contributed by atoms with Gasteiger partial charge in [0.2, 0.25) is 0 Å². The van der Waals surface area contributed by atoms with E-state index in [9.17, 15) is 5.26 Å². The van der Waals surface area contributed by atoms with Gasteiger partial charge in [0.05, 0.1) is 52.7 Å². The van der Waals surface area contributed by atoms with Gasteiger partial charge in [-0.1, -0.05) is 6.42 Å². The molecule has 4 aromatic rings. The highest BCUT2D eigenvalue weighted by Gasteiger charge is 2.43. The maximum Gasteiger partial charge on any atom is 0.128 e. The van der Waals surface area contributed by atoms with E-state index in [0.29, 0.717) is 5.56 Å². The van der Waals surface area contributed by atoms with Gasteiger partial charge in [-0.15, -0.1) is 0 Å². The van der Waals surface area contributed by atoms with Crippen molar-refractivity contribution >= 4 is 35.1 Å². The van der Waals surface area contributed by atoms with Crippen LogP contribution in [0, 0.1) is 11.3 Å². The summed E-state index contributed by atoms with van der Waals surface area (Å²) in [6.07, 6.45) is 13.1. The molecule has 35 heavy (non-hydrogen) atoms. The monoisotopic (exact) mass is 510 g/mol. The number of hydrogen-bond donors (Lipinski definition) is 1. The Balaban J connectivity index is 0.000000806. The van der Waals surface area contributed by atoms with Crippen LogP contribution in [0.2, 0.25) is 0 Å². The minimum absolute atomic E-state index is 0.280. The molecule has 2 aliphatic rings. The fourth-order valence-corrected chi connectivity index (χ4v) is 5.03. The first-order valence-electron chi connectivity index (χ1n) is 11.3. The van der Waals surface area contributed by atoms with Crippen molar-refractivity contribution in [2.24, 2.45) is 7.05 Å². The second-order valence-electron chi connectivity index (χ2n) is 8.99. The van der Waals surface area contributed by atoms with E-state index in [1.165, 1.54) is 19.3 Å². The van der Waals surface area contributed by atoms with Crippen LogP contribution in [-0.2, 0) is 10.9 Å². The van der Waals surface area contributed by atoms with Crippen molar-refractivity contribution in [1.82, 2.24) is 29.7 Å². The number of aromatic nitrogens is 5. The van der Waals surface area contributed by atoms with Gasteiger partial charge in [0, 0.05) is 61.0 Å². The highest BCUT2D eigenvalue weighted by molar-refractivity contribution is 6.24. The highest BCUT2D eigenvalue weighted by Crippen LogP contribution is 2.35. The van der Waals surface area contributed by atoms with Crippen molar-refractivity contribution in [1.29, 1.82) is 5.26 Å². The van der Waals surface area contributed by atoms with Gasteiger partial charge < -0.3 is 10.2 Å². The lowest BCUT2D eigenvalue weighted by atomic mass is 9.82. The van der Waals surface area contributed by atoms with Gasteiger partial charge in [0.1, 0.15) is 11.9 Å². The third kappa shape index (κ3) is 4.58. The van der Waals surface area contributed by atoms with Crippen LogP contribution in [0.4, 0.5) is 5.82 Å². The summed E-state index contributed by atoms with van der Waals surface area (Å²) in [6.45, 7) is 3.15. The van der Waals surface area contributed by atoms with E-state index in [1.54, 1.807) is 15.4 Å². The number of hydrogen-bond acceptors (Lipinski definition) is 7. The zero-order chi connectivity index (χ0) is 24.4. The van der Waals surface area contributed by atoms with Crippen molar-refractivity contribution < 1.29 is 3.84 Å². The van der Waals surface area contributed by atoms with Crippen LogP contribution in [0.1, 0.15) is 24.8 Å². The number of rotatable bonds is 3. The predicted molar refractivity (Wildman–Crippen MR) is 135 cm³/mol. The first-order valence-corrected chi connectivity index (χ1v) is 11.9. The molecule has 4 aromatic heterocycles. The summed E-state index contributed by atoms with van der Waals surface area (Å²) in [4.78, 5) is 7.11. The zero-order valence-electron chi connectivity index (χ0n) is 19.2. The zero-order valence-corrected chi connectivity index (χ0v) is 20.7. The van der Waals surface area contributed by atoms with Crippen LogP contribution in [0.3, 0.4) is 0 Å². The Kier molecular flexibility index (Phi) is 6.62. The summed E-state index contributed by atoms with van der Waals surface area (Å²) in [5, 5.41) is 22.0.